The van der Waals surface area contributed by atoms with Crippen LogP contribution < -0.4 is 21.3 Å². The first kappa shape index (κ1) is 38.1. The molecule has 0 aliphatic rings. The van der Waals surface area contributed by atoms with Crippen LogP contribution in [0.25, 0.3) is 0 Å². The van der Waals surface area contributed by atoms with Gasteiger partial charge in [0.1, 0.15) is 0 Å². The molecule has 35 heavy (non-hydrogen) atoms. The Morgan fingerprint density at radius 3 is 1.40 bits per heavy atom. The van der Waals surface area contributed by atoms with Crippen molar-refractivity contribution in [3.8, 4) is 0 Å². The molecule has 0 saturated heterocycles. The Morgan fingerprint density at radius 1 is 0.629 bits per heavy atom. The second-order valence-corrected chi connectivity index (χ2v) is 22.2. The van der Waals surface area contributed by atoms with Gasteiger partial charge in [-0.15, -0.1) is 0 Å². The molecule has 0 radical (unpaired) electrons. The number of carbonyl (C=O) groups is 4. The van der Waals surface area contributed by atoms with E-state index in [4.69, 9.17) is 8.23 Å². The molecule has 0 bridgehead atoms. The fourth-order valence-electron chi connectivity index (χ4n) is 3.50. The number of hydrogen-bond acceptors (Lipinski definition) is 7. The van der Waals surface area contributed by atoms with E-state index >= 15 is 0 Å². The first-order chi connectivity index (χ1) is 15.1. The molecule has 208 valence electrons. The molecule has 0 atom stereocenters. The summed E-state index contributed by atoms with van der Waals surface area (Å²) in [7, 11) is -4.09. The number of hydrogen-bond donors (Lipinski definition) is 4. The molecule has 0 aromatic heterocycles. The molecule has 0 aliphatic heterocycles. The van der Waals surface area contributed by atoms with E-state index in [0.29, 0.717) is 13.0 Å². The maximum Gasteiger partial charge on any atom is 0.311 e. The zero-order valence-electron chi connectivity index (χ0n) is 21.6. The topological polar surface area (TPSA) is 135 Å². The molecular weight excluding hydrogens is 501 g/mol. The number of rotatable bonds is 16. The van der Waals surface area contributed by atoms with Gasteiger partial charge in [0.15, 0.2) is 16.6 Å². The van der Waals surface area contributed by atoms with Gasteiger partial charge < -0.3 is 29.5 Å². The lowest BCUT2D eigenvalue weighted by molar-refractivity contribution is -0.139. The van der Waals surface area contributed by atoms with Gasteiger partial charge in [-0.1, -0.05) is 14.9 Å². The maximum absolute atomic E-state index is 11.9. The third-order valence-electron chi connectivity index (χ3n) is 4.71. The van der Waals surface area contributed by atoms with Crippen LogP contribution in [0.3, 0.4) is 0 Å². The molecule has 0 saturated carbocycles. The molecule has 0 rings (SSSR count). The van der Waals surface area contributed by atoms with Crippen molar-refractivity contribution in [1.29, 1.82) is 0 Å². The number of nitrogens with one attached hydrogen (secondary N) is 4. The lowest BCUT2D eigenvalue weighted by atomic mass is 10.4. The SMILES string of the molecule is C.C.CNCCC[Si](C)(C)O[Si](C)(C)O[Si](C)(C)CCCNC(=O)C(=O)NCCNC(=O)C(C)=O. The second-order valence-electron chi connectivity index (χ2n) is 9.76. The van der Waals surface area contributed by atoms with Crippen molar-refractivity contribution in [1.82, 2.24) is 21.3 Å². The summed E-state index contributed by atoms with van der Waals surface area (Å²) in [6.07, 6.45) is 1.81. The highest BCUT2D eigenvalue weighted by atomic mass is 28.5. The second kappa shape index (κ2) is 17.9. The fraction of sp³-hybridized carbons (Fsp3) is 0.818. The van der Waals surface area contributed by atoms with Crippen LogP contribution in [0.4, 0.5) is 0 Å². The van der Waals surface area contributed by atoms with E-state index in [2.05, 4.69) is 60.5 Å². The van der Waals surface area contributed by atoms with Crippen LogP contribution in [0.5, 0.6) is 0 Å². The lowest BCUT2D eigenvalue weighted by Gasteiger charge is -2.38. The van der Waals surface area contributed by atoms with Crippen molar-refractivity contribution in [2.75, 3.05) is 33.2 Å². The molecule has 3 amide bonds. The highest BCUT2D eigenvalue weighted by Crippen LogP contribution is 2.25. The third-order valence-corrected chi connectivity index (χ3v) is 16.2. The molecule has 10 nitrogen and oxygen atoms in total. The van der Waals surface area contributed by atoms with E-state index in [9.17, 15) is 19.2 Å². The van der Waals surface area contributed by atoms with Crippen LogP contribution in [0.1, 0.15) is 34.6 Å². The van der Waals surface area contributed by atoms with Crippen LogP contribution in [0, 0.1) is 0 Å². The Hall–Kier alpha value is -1.39. The molecule has 0 spiro atoms. The molecule has 0 unspecified atom stereocenters. The summed E-state index contributed by atoms with van der Waals surface area (Å²) in [6, 6.07) is 1.93. The summed E-state index contributed by atoms with van der Waals surface area (Å²) < 4.78 is 13.1. The fourth-order valence-corrected chi connectivity index (χ4v) is 17.6. The molecule has 13 heteroatoms. The van der Waals surface area contributed by atoms with Gasteiger partial charge in [0.2, 0.25) is 5.78 Å². The third kappa shape index (κ3) is 19.5. The Balaban J connectivity index is -0.00000512. The van der Waals surface area contributed by atoms with Crippen LogP contribution in [-0.2, 0) is 27.4 Å². The predicted molar refractivity (Wildman–Crippen MR) is 151 cm³/mol. The van der Waals surface area contributed by atoms with Gasteiger partial charge in [-0.2, -0.15) is 0 Å². The summed E-state index contributed by atoms with van der Waals surface area (Å²) in [5, 5.41) is 10.5. The van der Waals surface area contributed by atoms with E-state index in [1.165, 1.54) is 0 Å². The van der Waals surface area contributed by atoms with Crippen molar-refractivity contribution in [2.24, 2.45) is 0 Å². The number of Topliss-reactive ketones (excluding diaryl/α,β-unsaturated/α-hetero) is 1. The van der Waals surface area contributed by atoms with Crippen molar-refractivity contribution >= 4 is 48.7 Å². The van der Waals surface area contributed by atoms with Crippen molar-refractivity contribution in [2.45, 2.75) is 86.0 Å². The molecule has 0 heterocycles. The van der Waals surface area contributed by atoms with Gasteiger partial charge in [0.05, 0.1) is 0 Å². The number of carbonyl (C=O) groups excluding carboxylic acids is 4. The first-order valence-corrected chi connectivity index (χ1v) is 20.6. The van der Waals surface area contributed by atoms with Gasteiger partial charge in [0.25, 0.3) is 5.91 Å². The Labute approximate surface area is 216 Å². The van der Waals surface area contributed by atoms with E-state index in [1.54, 1.807) is 0 Å². The van der Waals surface area contributed by atoms with Crippen LogP contribution >= 0.6 is 0 Å². The zero-order valence-corrected chi connectivity index (χ0v) is 24.6. The monoisotopic (exact) mass is 552 g/mol. The van der Waals surface area contributed by atoms with Gasteiger partial charge >= 0.3 is 20.4 Å². The molecule has 4 N–H and O–H groups in total. The molecule has 0 fully saturated rings. The van der Waals surface area contributed by atoms with E-state index < -0.39 is 48.7 Å². The van der Waals surface area contributed by atoms with Crippen molar-refractivity contribution < 1.29 is 27.4 Å². The Bertz CT molecular complexity index is 676. The quantitative estimate of drug-likeness (QED) is 0.131. The highest BCUT2D eigenvalue weighted by molar-refractivity contribution is 6.87. The normalized spacial score (nSPS) is 11.5. The predicted octanol–water partition coefficient (Wildman–Crippen LogP) is 2.34. The smallest absolute Gasteiger partial charge is 0.311 e. The minimum atomic E-state index is -2.27. The summed E-state index contributed by atoms with van der Waals surface area (Å²) >= 11 is 0. The van der Waals surface area contributed by atoms with Gasteiger partial charge in [-0.25, -0.2) is 0 Å². The summed E-state index contributed by atoms with van der Waals surface area (Å²) in [6.45, 7) is 15.7. The minimum absolute atomic E-state index is 0. The maximum atomic E-state index is 11.9. The first-order valence-electron chi connectivity index (χ1n) is 11.5. The largest absolute Gasteiger partial charge is 0.437 e. The molecular formula is C22H52N4O6Si3. The number of ketones is 1. The summed E-state index contributed by atoms with van der Waals surface area (Å²) in [5.41, 5.74) is 0. The van der Waals surface area contributed by atoms with E-state index in [-0.39, 0.29) is 27.9 Å². The average Bonchev–Trinajstić information content (AvgIpc) is 2.66. The number of amides is 3. The summed E-state index contributed by atoms with van der Waals surface area (Å²) in [5.74, 6) is -2.82. The molecule has 0 aromatic rings. The van der Waals surface area contributed by atoms with E-state index in [0.717, 1.165) is 32.0 Å². The lowest BCUT2D eigenvalue weighted by Crippen LogP contribution is -2.52. The van der Waals surface area contributed by atoms with E-state index in [1.807, 2.05) is 7.05 Å². The van der Waals surface area contributed by atoms with Gasteiger partial charge in [-0.05, 0) is 77.8 Å². The van der Waals surface area contributed by atoms with Crippen LogP contribution in [0.2, 0.25) is 51.4 Å². The summed E-state index contributed by atoms with van der Waals surface area (Å²) in [4.78, 5) is 45.6. The Morgan fingerprint density at radius 2 is 1.00 bits per heavy atom. The molecule has 0 aromatic carbocycles. The highest BCUT2D eigenvalue weighted by Gasteiger charge is 2.39. The zero-order chi connectivity index (χ0) is 25.7. The van der Waals surface area contributed by atoms with Crippen molar-refractivity contribution in [3.63, 3.8) is 0 Å². The Kier molecular flexibility index (Phi) is 19.6. The average molecular weight is 553 g/mol. The van der Waals surface area contributed by atoms with Crippen molar-refractivity contribution in [3.05, 3.63) is 0 Å². The minimum Gasteiger partial charge on any atom is -0.437 e. The van der Waals surface area contributed by atoms with Crippen LogP contribution in [0.15, 0.2) is 0 Å². The molecule has 0 aliphatic carbocycles. The van der Waals surface area contributed by atoms with Gasteiger partial charge in [0, 0.05) is 26.6 Å². The van der Waals surface area contributed by atoms with Gasteiger partial charge in [-0.3, -0.25) is 19.2 Å². The van der Waals surface area contributed by atoms with Crippen LogP contribution in [-0.4, -0.2) is 81.9 Å². The standard InChI is InChI=1S/C20H44N4O6Si3.2CH4/c1-17(25)18(26)23-13-14-24-20(28)19(27)22-12-10-16-32(5,6)30-33(7,8)29-31(3,4)15-9-11-21-2;;/h21H,9-16H2,1-8H3,(H,22,27)(H,23,26)(H,24,28);2*1H4.